The minimum Gasteiger partial charge on any atom is -0.497 e. The predicted octanol–water partition coefficient (Wildman–Crippen LogP) is 6.94. The molecule has 0 N–H and O–H groups in total. The zero-order chi connectivity index (χ0) is 21.9. The van der Waals surface area contributed by atoms with Crippen LogP contribution in [0.5, 0.6) is 5.75 Å². The van der Waals surface area contributed by atoms with E-state index < -0.39 is 0 Å². The summed E-state index contributed by atoms with van der Waals surface area (Å²) in [6.07, 6.45) is 0. The fraction of sp³-hybridized carbons (Fsp3) is 0.0357. The summed E-state index contributed by atoms with van der Waals surface area (Å²) in [5.74, 6) is 0.741. The SMILES string of the molecule is COc1ccc(-c2cc3ccc(N(c4ccccc4)c4ccccc4)cc3oc2=O)cc1. The molecule has 0 radical (unpaired) electrons. The third kappa shape index (κ3) is 3.74. The molecule has 0 spiro atoms. The maximum atomic E-state index is 12.8. The number of hydrogen-bond donors (Lipinski definition) is 0. The molecule has 32 heavy (non-hydrogen) atoms. The van der Waals surface area contributed by atoms with Gasteiger partial charge in [0.15, 0.2) is 0 Å². The summed E-state index contributed by atoms with van der Waals surface area (Å²) in [5.41, 5.74) is 4.45. The number of anilines is 3. The zero-order valence-corrected chi connectivity index (χ0v) is 17.6. The lowest BCUT2D eigenvalue weighted by molar-refractivity contribution is 0.415. The van der Waals surface area contributed by atoms with E-state index in [-0.39, 0.29) is 5.63 Å². The second-order valence-corrected chi connectivity index (χ2v) is 7.40. The highest BCUT2D eigenvalue weighted by atomic mass is 16.5. The smallest absolute Gasteiger partial charge is 0.344 e. The average molecular weight is 419 g/mol. The van der Waals surface area contributed by atoms with Gasteiger partial charge in [-0.25, -0.2) is 4.79 Å². The lowest BCUT2D eigenvalue weighted by Crippen LogP contribution is -2.10. The van der Waals surface area contributed by atoms with Crippen LogP contribution in [0.4, 0.5) is 17.1 Å². The molecular weight excluding hydrogens is 398 g/mol. The second-order valence-electron chi connectivity index (χ2n) is 7.40. The number of hydrogen-bond acceptors (Lipinski definition) is 4. The molecule has 0 saturated heterocycles. The van der Waals surface area contributed by atoms with Gasteiger partial charge in [0.1, 0.15) is 11.3 Å². The first kappa shape index (κ1) is 19.6. The molecule has 5 rings (SSSR count). The molecule has 156 valence electrons. The van der Waals surface area contributed by atoms with E-state index in [9.17, 15) is 4.79 Å². The number of nitrogens with zero attached hydrogens (tertiary/aromatic N) is 1. The number of methoxy groups -OCH3 is 1. The Labute approximate surface area is 185 Å². The molecule has 0 amide bonds. The molecule has 0 aliphatic carbocycles. The summed E-state index contributed by atoms with van der Waals surface area (Å²) in [6, 6.07) is 35.4. The summed E-state index contributed by atoms with van der Waals surface area (Å²) in [4.78, 5) is 14.9. The fourth-order valence-corrected chi connectivity index (χ4v) is 3.81. The Morgan fingerprint density at radius 1 is 0.688 bits per heavy atom. The highest BCUT2D eigenvalue weighted by Gasteiger charge is 2.14. The number of fused-ring (bicyclic) bond motifs is 1. The van der Waals surface area contributed by atoms with E-state index in [1.165, 1.54) is 0 Å². The van der Waals surface area contributed by atoms with E-state index in [2.05, 4.69) is 29.2 Å². The number of rotatable bonds is 5. The third-order valence-corrected chi connectivity index (χ3v) is 5.41. The van der Waals surface area contributed by atoms with E-state index in [1.54, 1.807) is 7.11 Å². The maximum Gasteiger partial charge on any atom is 0.344 e. The van der Waals surface area contributed by atoms with Gasteiger partial charge in [0.25, 0.3) is 0 Å². The zero-order valence-electron chi connectivity index (χ0n) is 17.6. The number of para-hydroxylation sites is 2. The van der Waals surface area contributed by atoms with Crippen molar-refractivity contribution in [2.24, 2.45) is 0 Å². The molecule has 1 aromatic heterocycles. The Bertz CT molecular complexity index is 1370. The minimum absolute atomic E-state index is 0.370. The highest BCUT2D eigenvalue weighted by Crippen LogP contribution is 2.36. The summed E-state index contributed by atoms with van der Waals surface area (Å²) in [6.45, 7) is 0. The van der Waals surface area contributed by atoms with Crippen LogP contribution in [0.3, 0.4) is 0 Å². The average Bonchev–Trinajstić information content (AvgIpc) is 2.85. The van der Waals surface area contributed by atoms with Crippen LogP contribution < -0.4 is 15.3 Å². The summed E-state index contributed by atoms with van der Waals surface area (Å²) in [7, 11) is 1.62. The van der Waals surface area contributed by atoms with Crippen LogP contribution in [-0.2, 0) is 0 Å². The van der Waals surface area contributed by atoms with Crippen molar-refractivity contribution in [2.45, 2.75) is 0 Å². The molecule has 1 heterocycles. The molecule has 0 aliphatic heterocycles. The first-order valence-electron chi connectivity index (χ1n) is 10.4. The predicted molar refractivity (Wildman–Crippen MR) is 129 cm³/mol. The van der Waals surface area contributed by atoms with E-state index >= 15 is 0 Å². The van der Waals surface area contributed by atoms with Gasteiger partial charge in [0, 0.05) is 28.5 Å². The van der Waals surface area contributed by atoms with Crippen LogP contribution in [0.1, 0.15) is 0 Å². The molecule has 0 fully saturated rings. The van der Waals surface area contributed by atoms with Gasteiger partial charge in [0.2, 0.25) is 0 Å². The topological polar surface area (TPSA) is 42.7 Å². The van der Waals surface area contributed by atoms with Crippen LogP contribution in [0.2, 0.25) is 0 Å². The van der Waals surface area contributed by atoms with Crippen molar-refractivity contribution in [1.29, 1.82) is 0 Å². The van der Waals surface area contributed by atoms with E-state index in [0.29, 0.717) is 11.1 Å². The lowest BCUT2D eigenvalue weighted by Gasteiger charge is -2.25. The summed E-state index contributed by atoms with van der Waals surface area (Å²) in [5, 5.41) is 0.861. The molecule has 0 aliphatic rings. The molecule has 0 unspecified atom stereocenters. The molecule has 5 aromatic rings. The lowest BCUT2D eigenvalue weighted by atomic mass is 10.1. The van der Waals surface area contributed by atoms with Crippen molar-refractivity contribution in [3.63, 3.8) is 0 Å². The molecule has 0 atom stereocenters. The molecule has 4 heteroatoms. The van der Waals surface area contributed by atoms with Crippen LogP contribution in [0.25, 0.3) is 22.1 Å². The van der Waals surface area contributed by atoms with Gasteiger partial charge in [-0.05, 0) is 60.2 Å². The molecule has 0 saturated carbocycles. The van der Waals surface area contributed by atoms with Crippen molar-refractivity contribution >= 4 is 28.0 Å². The van der Waals surface area contributed by atoms with E-state index in [1.807, 2.05) is 84.9 Å². The molecule has 0 bridgehead atoms. The number of ether oxygens (including phenoxy) is 1. The van der Waals surface area contributed by atoms with Gasteiger partial charge in [-0.15, -0.1) is 0 Å². The monoisotopic (exact) mass is 419 g/mol. The number of benzene rings is 4. The van der Waals surface area contributed by atoms with Gasteiger partial charge in [-0.3, -0.25) is 0 Å². The highest BCUT2D eigenvalue weighted by molar-refractivity contribution is 5.87. The first-order valence-corrected chi connectivity index (χ1v) is 10.4. The normalized spacial score (nSPS) is 10.8. The van der Waals surface area contributed by atoms with Gasteiger partial charge < -0.3 is 14.1 Å². The van der Waals surface area contributed by atoms with Crippen LogP contribution in [-0.4, -0.2) is 7.11 Å². The van der Waals surface area contributed by atoms with E-state index in [0.717, 1.165) is 33.8 Å². The minimum atomic E-state index is -0.370. The second kappa shape index (κ2) is 8.44. The Morgan fingerprint density at radius 3 is 1.91 bits per heavy atom. The van der Waals surface area contributed by atoms with Crippen LogP contribution in [0.15, 0.2) is 118 Å². The van der Waals surface area contributed by atoms with Gasteiger partial charge in [0.05, 0.1) is 12.7 Å². The third-order valence-electron chi connectivity index (χ3n) is 5.41. The van der Waals surface area contributed by atoms with Crippen molar-refractivity contribution in [3.8, 4) is 16.9 Å². The molecule has 4 aromatic carbocycles. The van der Waals surface area contributed by atoms with Gasteiger partial charge in [-0.2, -0.15) is 0 Å². The van der Waals surface area contributed by atoms with Gasteiger partial charge >= 0.3 is 5.63 Å². The first-order chi connectivity index (χ1) is 15.7. The van der Waals surface area contributed by atoms with E-state index in [4.69, 9.17) is 9.15 Å². The van der Waals surface area contributed by atoms with Crippen LogP contribution >= 0.6 is 0 Å². The quantitative estimate of drug-likeness (QED) is 0.289. The molecule has 4 nitrogen and oxygen atoms in total. The van der Waals surface area contributed by atoms with Crippen LogP contribution in [0, 0.1) is 0 Å². The molecular formula is C28H21NO3. The van der Waals surface area contributed by atoms with Crippen molar-refractivity contribution in [2.75, 3.05) is 12.0 Å². The standard InChI is InChI=1S/C28H21NO3/c1-31-25-16-13-20(14-17-25)26-18-21-12-15-24(19-27(21)32-28(26)30)29(22-8-4-2-5-9-22)23-10-6-3-7-11-23/h2-19H,1H3. The van der Waals surface area contributed by atoms with Crippen molar-refractivity contribution < 1.29 is 9.15 Å². The Morgan fingerprint density at radius 2 is 1.31 bits per heavy atom. The Kier molecular flexibility index (Phi) is 5.18. The largest absolute Gasteiger partial charge is 0.497 e. The summed E-state index contributed by atoms with van der Waals surface area (Å²) >= 11 is 0. The maximum absolute atomic E-state index is 12.8. The Hall–Kier alpha value is -4.31. The van der Waals surface area contributed by atoms with Crippen molar-refractivity contribution in [1.82, 2.24) is 0 Å². The van der Waals surface area contributed by atoms with Crippen molar-refractivity contribution in [3.05, 3.63) is 120 Å². The summed E-state index contributed by atoms with van der Waals surface area (Å²) < 4.78 is 11.0. The van der Waals surface area contributed by atoms with Gasteiger partial charge in [-0.1, -0.05) is 48.5 Å². The fourth-order valence-electron chi connectivity index (χ4n) is 3.81. The Balaban J connectivity index is 1.61.